The van der Waals surface area contributed by atoms with Crippen LogP contribution in [0.1, 0.15) is 19.3 Å². The molecular formula is C23H24N6O. The van der Waals surface area contributed by atoms with Gasteiger partial charge in [-0.15, -0.1) is 0 Å². The van der Waals surface area contributed by atoms with Gasteiger partial charge in [0.2, 0.25) is 0 Å². The molecule has 0 unspecified atom stereocenters. The Hall–Kier alpha value is -3.19. The standard InChI is InChI=1S/C23H24N6O/c1-2-19-20(24-9-1)21(28-27-19)26-17-3-4-18-16(14-17)5-10-25-22(18)29-11-6-23(15-29)7-12-30-13-8-23/h1-5,9-10,14H,6-8,11-13,15H2,(H2,26,27,28). The monoisotopic (exact) mass is 400 g/mol. The number of rotatable bonds is 3. The number of nitrogens with zero attached hydrogens (tertiary/aromatic N) is 4. The quantitative estimate of drug-likeness (QED) is 0.535. The van der Waals surface area contributed by atoms with E-state index >= 15 is 0 Å². The Morgan fingerprint density at radius 2 is 1.97 bits per heavy atom. The minimum atomic E-state index is 0.400. The molecule has 2 fully saturated rings. The van der Waals surface area contributed by atoms with Crippen LogP contribution in [0.15, 0.2) is 48.8 Å². The van der Waals surface area contributed by atoms with E-state index in [9.17, 15) is 0 Å². The first-order valence-corrected chi connectivity index (χ1v) is 10.6. The molecule has 4 aromatic rings. The molecule has 2 aliphatic rings. The Balaban J connectivity index is 1.30. The first-order chi connectivity index (χ1) is 14.8. The van der Waals surface area contributed by atoms with E-state index in [0.717, 1.165) is 67.5 Å². The number of anilines is 3. The lowest BCUT2D eigenvalue weighted by Gasteiger charge is -2.33. The largest absolute Gasteiger partial charge is 0.381 e. The van der Waals surface area contributed by atoms with E-state index in [-0.39, 0.29) is 0 Å². The van der Waals surface area contributed by atoms with Gasteiger partial charge in [-0.25, -0.2) is 4.98 Å². The lowest BCUT2D eigenvalue weighted by Crippen LogP contribution is -2.33. The molecule has 0 saturated carbocycles. The summed E-state index contributed by atoms with van der Waals surface area (Å²) in [6.45, 7) is 3.93. The first kappa shape index (κ1) is 17.7. The lowest BCUT2D eigenvalue weighted by atomic mass is 9.80. The molecule has 1 aromatic carbocycles. The summed E-state index contributed by atoms with van der Waals surface area (Å²) in [4.78, 5) is 11.7. The number of H-pyrrole nitrogens is 1. The van der Waals surface area contributed by atoms with Gasteiger partial charge < -0.3 is 15.0 Å². The third-order valence-electron chi connectivity index (χ3n) is 6.62. The van der Waals surface area contributed by atoms with Crippen molar-refractivity contribution in [3.63, 3.8) is 0 Å². The summed E-state index contributed by atoms with van der Waals surface area (Å²) in [5.41, 5.74) is 3.15. The third-order valence-corrected chi connectivity index (χ3v) is 6.62. The number of fused-ring (bicyclic) bond motifs is 2. The molecule has 0 aliphatic carbocycles. The Bertz CT molecular complexity index is 1210. The highest BCUT2D eigenvalue weighted by atomic mass is 16.5. The molecule has 0 amide bonds. The summed E-state index contributed by atoms with van der Waals surface area (Å²) < 4.78 is 5.60. The molecule has 0 radical (unpaired) electrons. The van der Waals surface area contributed by atoms with Crippen LogP contribution in [-0.2, 0) is 4.74 Å². The van der Waals surface area contributed by atoms with Crippen molar-refractivity contribution in [2.75, 3.05) is 36.5 Å². The molecular weight excluding hydrogens is 376 g/mol. The van der Waals surface area contributed by atoms with Crippen molar-refractivity contribution in [1.82, 2.24) is 20.2 Å². The van der Waals surface area contributed by atoms with Gasteiger partial charge in [0.05, 0.1) is 5.52 Å². The summed E-state index contributed by atoms with van der Waals surface area (Å²) >= 11 is 0. The molecule has 30 heavy (non-hydrogen) atoms. The van der Waals surface area contributed by atoms with Crippen LogP contribution in [0.5, 0.6) is 0 Å². The second kappa shape index (κ2) is 6.95. The molecule has 152 valence electrons. The number of benzene rings is 1. The second-order valence-electron chi connectivity index (χ2n) is 8.45. The maximum atomic E-state index is 5.60. The van der Waals surface area contributed by atoms with Crippen LogP contribution in [-0.4, -0.2) is 46.5 Å². The number of hydrogen-bond acceptors (Lipinski definition) is 6. The number of pyridine rings is 2. The molecule has 2 saturated heterocycles. The Labute approximate surface area is 174 Å². The van der Waals surface area contributed by atoms with Gasteiger partial charge in [0, 0.05) is 49.8 Å². The zero-order valence-corrected chi connectivity index (χ0v) is 16.8. The van der Waals surface area contributed by atoms with Crippen molar-refractivity contribution in [3.8, 4) is 0 Å². The van der Waals surface area contributed by atoms with Gasteiger partial charge in [0.25, 0.3) is 0 Å². The highest BCUT2D eigenvalue weighted by Gasteiger charge is 2.40. The highest BCUT2D eigenvalue weighted by Crippen LogP contribution is 2.42. The van der Waals surface area contributed by atoms with Crippen molar-refractivity contribution in [1.29, 1.82) is 0 Å². The van der Waals surface area contributed by atoms with Crippen molar-refractivity contribution in [2.24, 2.45) is 5.41 Å². The fourth-order valence-electron chi connectivity index (χ4n) is 4.90. The van der Waals surface area contributed by atoms with Gasteiger partial charge in [-0.1, -0.05) is 0 Å². The molecule has 3 aromatic heterocycles. The summed E-state index contributed by atoms with van der Waals surface area (Å²) in [5, 5.41) is 13.2. The van der Waals surface area contributed by atoms with Crippen molar-refractivity contribution < 1.29 is 4.74 Å². The number of aromatic amines is 1. The second-order valence-corrected chi connectivity index (χ2v) is 8.45. The Morgan fingerprint density at radius 1 is 1.03 bits per heavy atom. The van der Waals surface area contributed by atoms with E-state index in [4.69, 9.17) is 9.72 Å². The minimum absolute atomic E-state index is 0.400. The molecule has 2 N–H and O–H groups in total. The average molecular weight is 400 g/mol. The summed E-state index contributed by atoms with van der Waals surface area (Å²) in [6.07, 6.45) is 7.25. The highest BCUT2D eigenvalue weighted by molar-refractivity contribution is 5.95. The molecule has 7 nitrogen and oxygen atoms in total. The van der Waals surface area contributed by atoms with Crippen LogP contribution in [0.2, 0.25) is 0 Å². The molecule has 0 atom stereocenters. The molecule has 1 spiro atoms. The SMILES string of the molecule is c1cnc2c(Nc3ccc4c(N5CCC6(CCOCC6)C5)nccc4c3)n[nH]c2c1. The lowest BCUT2D eigenvalue weighted by molar-refractivity contribution is 0.0254. The number of ether oxygens (including phenoxy) is 1. The van der Waals surface area contributed by atoms with Gasteiger partial charge in [-0.05, 0) is 66.5 Å². The van der Waals surface area contributed by atoms with Gasteiger partial charge in [-0.2, -0.15) is 5.10 Å². The predicted octanol–water partition coefficient (Wildman–Crippen LogP) is 4.26. The zero-order valence-electron chi connectivity index (χ0n) is 16.8. The fraction of sp³-hybridized carbons (Fsp3) is 0.348. The predicted molar refractivity (Wildman–Crippen MR) is 118 cm³/mol. The molecule has 7 heteroatoms. The summed E-state index contributed by atoms with van der Waals surface area (Å²) in [5.74, 6) is 1.83. The third kappa shape index (κ3) is 2.97. The van der Waals surface area contributed by atoms with E-state index in [1.165, 1.54) is 17.2 Å². The molecule has 6 rings (SSSR count). The number of nitrogens with one attached hydrogen (secondary N) is 2. The van der Waals surface area contributed by atoms with Crippen molar-refractivity contribution in [3.05, 3.63) is 48.8 Å². The zero-order chi connectivity index (χ0) is 20.0. The fourth-order valence-corrected chi connectivity index (χ4v) is 4.90. The van der Waals surface area contributed by atoms with Gasteiger partial charge >= 0.3 is 0 Å². The topological polar surface area (TPSA) is 79.0 Å². The van der Waals surface area contributed by atoms with Gasteiger partial charge in [0.1, 0.15) is 11.3 Å². The van der Waals surface area contributed by atoms with E-state index in [0.29, 0.717) is 5.41 Å². The van der Waals surface area contributed by atoms with Crippen LogP contribution in [0.4, 0.5) is 17.3 Å². The Morgan fingerprint density at radius 3 is 2.90 bits per heavy atom. The van der Waals surface area contributed by atoms with Crippen LogP contribution >= 0.6 is 0 Å². The minimum Gasteiger partial charge on any atom is -0.381 e. The summed E-state index contributed by atoms with van der Waals surface area (Å²) in [7, 11) is 0. The number of hydrogen-bond donors (Lipinski definition) is 2. The van der Waals surface area contributed by atoms with Gasteiger partial charge in [0.15, 0.2) is 5.82 Å². The van der Waals surface area contributed by atoms with Gasteiger partial charge in [-0.3, -0.25) is 10.1 Å². The van der Waals surface area contributed by atoms with E-state index < -0.39 is 0 Å². The maximum absolute atomic E-state index is 5.60. The van der Waals surface area contributed by atoms with Crippen LogP contribution in [0.25, 0.3) is 21.8 Å². The normalized spacial score (nSPS) is 18.5. The number of aromatic nitrogens is 4. The van der Waals surface area contributed by atoms with Crippen LogP contribution < -0.4 is 10.2 Å². The van der Waals surface area contributed by atoms with Crippen molar-refractivity contribution in [2.45, 2.75) is 19.3 Å². The van der Waals surface area contributed by atoms with E-state index in [1.54, 1.807) is 6.20 Å². The van der Waals surface area contributed by atoms with Crippen LogP contribution in [0, 0.1) is 5.41 Å². The molecule has 5 heterocycles. The Kier molecular flexibility index (Phi) is 4.09. The van der Waals surface area contributed by atoms with E-state index in [1.807, 2.05) is 18.3 Å². The smallest absolute Gasteiger partial charge is 0.178 e. The maximum Gasteiger partial charge on any atom is 0.178 e. The van der Waals surface area contributed by atoms with E-state index in [2.05, 4.69) is 49.7 Å². The first-order valence-electron chi connectivity index (χ1n) is 10.6. The van der Waals surface area contributed by atoms with Crippen molar-refractivity contribution >= 4 is 39.1 Å². The average Bonchev–Trinajstić information content (AvgIpc) is 3.38. The van der Waals surface area contributed by atoms with Crippen LogP contribution in [0.3, 0.4) is 0 Å². The summed E-state index contributed by atoms with van der Waals surface area (Å²) in [6, 6.07) is 12.4. The molecule has 0 bridgehead atoms. The molecule has 2 aliphatic heterocycles.